The summed E-state index contributed by atoms with van der Waals surface area (Å²) in [6, 6.07) is 1.90. The van der Waals surface area contributed by atoms with Gasteiger partial charge < -0.3 is 31.3 Å². The number of nitrogens with zero attached hydrogens (tertiary/aromatic N) is 1. The molecule has 0 heterocycles. The zero-order valence-electron chi connectivity index (χ0n) is 21.2. The number of phenolic OH excluding ortho intramolecular Hbond substituents is 1. The van der Waals surface area contributed by atoms with E-state index < -0.39 is 40.6 Å². The van der Waals surface area contributed by atoms with Crippen LogP contribution in [0.4, 0.5) is 5.69 Å². The lowest BCUT2D eigenvalue weighted by Crippen LogP contribution is -2.44. The lowest BCUT2D eigenvalue weighted by molar-refractivity contribution is -0.127. The third-order valence-electron chi connectivity index (χ3n) is 7.64. The minimum Gasteiger partial charge on any atom is -0.511 e. The van der Waals surface area contributed by atoms with Gasteiger partial charge in [-0.15, -0.1) is 0 Å². The molecule has 1 aromatic carbocycles. The Morgan fingerprint density at radius 2 is 1.89 bits per heavy atom. The standard InChI is InChI=1S/C27H35N3O6/c1-12(2)5-6-29-11-15-9-17(30(3)4)16-8-13-7-14-10-18(31)22(27(28)36)26(35)20(14)24(33)19(13)25(34)21(16)23(15)32/h9,12-14,20,29,32,34-35H,5-8,10-11H2,1-4H3,(H2,28,36). The first-order valence-corrected chi connectivity index (χ1v) is 12.4. The first-order chi connectivity index (χ1) is 16.9. The summed E-state index contributed by atoms with van der Waals surface area (Å²) in [4.78, 5) is 39.8. The number of benzene rings is 1. The van der Waals surface area contributed by atoms with Crippen LogP contribution in [0.25, 0.3) is 5.76 Å². The number of carbonyl (C=O) groups is 3. The van der Waals surface area contributed by atoms with Crippen molar-refractivity contribution in [2.75, 3.05) is 25.5 Å². The topological polar surface area (TPSA) is 153 Å². The van der Waals surface area contributed by atoms with Gasteiger partial charge in [0.15, 0.2) is 11.6 Å². The van der Waals surface area contributed by atoms with Crippen LogP contribution in [0.1, 0.15) is 49.8 Å². The van der Waals surface area contributed by atoms with Crippen LogP contribution in [0.2, 0.25) is 0 Å². The van der Waals surface area contributed by atoms with Crippen molar-refractivity contribution in [1.82, 2.24) is 5.32 Å². The maximum absolute atomic E-state index is 13.6. The van der Waals surface area contributed by atoms with Gasteiger partial charge in [-0.2, -0.15) is 0 Å². The molecule has 194 valence electrons. The number of fused-ring (bicyclic) bond motifs is 3. The summed E-state index contributed by atoms with van der Waals surface area (Å²) < 4.78 is 0. The molecule has 1 aromatic rings. The summed E-state index contributed by atoms with van der Waals surface area (Å²) in [6.07, 6.45) is 1.69. The van der Waals surface area contributed by atoms with E-state index >= 15 is 0 Å². The van der Waals surface area contributed by atoms with Gasteiger partial charge >= 0.3 is 0 Å². The Kier molecular flexibility index (Phi) is 6.88. The molecule has 1 fully saturated rings. The molecule has 3 unspecified atom stereocenters. The van der Waals surface area contributed by atoms with Crippen LogP contribution in [0.15, 0.2) is 23.0 Å². The van der Waals surface area contributed by atoms with E-state index in [1.54, 1.807) is 0 Å². The van der Waals surface area contributed by atoms with Crippen molar-refractivity contribution in [2.24, 2.45) is 29.4 Å². The van der Waals surface area contributed by atoms with Gasteiger partial charge in [-0.05, 0) is 55.2 Å². The highest BCUT2D eigenvalue weighted by atomic mass is 16.3. The van der Waals surface area contributed by atoms with Gasteiger partial charge in [0.25, 0.3) is 5.91 Å². The minimum absolute atomic E-state index is 0.0666. The smallest absolute Gasteiger partial charge is 0.255 e. The van der Waals surface area contributed by atoms with Gasteiger partial charge in [0.05, 0.1) is 11.5 Å². The fourth-order valence-corrected chi connectivity index (χ4v) is 5.89. The van der Waals surface area contributed by atoms with Gasteiger partial charge in [0.2, 0.25) is 0 Å². The molecule has 3 aliphatic rings. The first kappa shape index (κ1) is 25.8. The van der Waals surface area contributed by atoms with Crippen LogP contribution >= 0.6 is 0 Å². The van der Waals surface area contributed by atoms with E-state index in [1.807, 2.05) is 25.1 Å². The number of aliphatic hydroxyl groups is 2. The van der Waals surface area contributed by atoms with Crippen LogP contribution < -0.4 is 16.0 Å². The van der Waals surface area contributed by atoms with E-state index in [0.717, 1.165) is 24.2 Å². The number of primary amides is 1. The molecule has 3 atom stereocenters. The normalized spacial score (nSPS) is 23.5. The Labute approximate surface area is 210 Å². The molecule has 3 aliphatic carbocycles. The SMILES string of the molecule is CC(C)CCNCc1cc(N(C)C)c2c(c1O)C(O)=C1C(=O)C3C(O)=C(C(N)=O)C(=O)CC3CC1C2. The highest BCUT2D eigenvalue weighted by Crippen LogP contribution is 2.52. The first-order valence-electron chi connectivity index (χ1n) is 12.4. The Bertz CT molecular complexity index is 1200. The molecule has 9 heteroatoms. The number of rotatable bonds is 7. The van der Waals surface area contributed by atoms with Crippen molar-refractivity contribution >= 4 is 28.9 Å². The van der Waals surface area contributed by atoms with Gasteiger partial charge in [0, 0.05) is 43.9 Å². The van der Waals surface area contributed by atoms with Crippen molar-refractivity contribution < 1.29 is 29.7 Å². The van der Waals surface area contributed by atoms with Crippen LogP contribution in [-0.2, 0) is 27.3 Å². The number of carbonyl (C=O) groups excluding carboxylic acids is 3. The van der Waals surface area contributed by atoms with Crippen molar-refractivity contribution in [3.8, 4) is 5.75 Å². The van der Waals surface area contributed by atoms with Gasteiger partial charge in [-0.25, -0.2) is 0 Å². The number of phenols is 1. The number of nitrogens with one attached hydrogen (secondary N) is 1. The summed E-state index contributed by atoms with van der Waals surface area (Å²) in [7, 11) is 3.77. The summed E-state index contributed by atoms with van der Waals surface area (Å²) in [6.45, 7) is 5.44. The summed E-state index contributed by atoms with van der Waals surface area (Å²) in [5, 5.41) is 36.6. The van der Waals surface area contributed by atoms with E-state index in [2.05, 4.69) is 19.2 Å². The largest absolute Gasteiger partial charge is 0.511 e. The summed E-state index contributed by atoms with van der Waals surface area (Å²) in [5.74, 6) is -4.61. The molecular formula is C27H35N3O6. The molecule has 0 spiro atoms. The average molecular weight is 498 g/mol. The van der Waals surface area contributed by atoms with E-state index in [1.165, 1.54) is 0 Å². The van der Waals surface area contributed by atoms with Crippen LogP contribution in [0.5, 0.6) is 5.75 Å². The summed E-state index contributed by atoms with van der Waals surface area (Å²) in [5.41, 5.74) is 7.29. The third-order valence-corrected chi connectivity index (χ3v) is 7.64. The van der Waals surface area contributed by atoms with Crippen molar-refractivity contribution in [3.05, 3.63) is 39.7 Å². The molecule has 4 rings (SSSR count). The second kappa shape index (κ2) is 9.61. The second-order valence-corrected chi connectivity index (χ2v) is 10.8. The quantitative estimate of drug-likeness (QED) is 0.284. The molecule has 36 heavy (non-hydrogen) atoms. The van der Waals surface area contributed by atoms with E-state index in [9.17, 15) is 29.7 Å². The average Bonchev–Trinajstić information content (AvgIpc) is 2.76. The highest BCUT2D eigenvalue weighted by Gasteiger charge is 2.51. The Morgan fingerprint density at radius 3 is 2.50 bits per heavy atom. The predicted molar refractivity (Wildman–Crippen MR) is 135 cm³/mol. The van der Waals surface area contributed by atoms with E-state index in [-0.39, 0.29) is 35.0 Å². The maximum atomic E-state index is 13.6. The number of ketones is 2. The van der Waals surface area contributed by atoms with Crippen molar-refractivity contribution in [1.29, 1.82) is 0 Å². The zero-order chi connectivity index (χ0) is 26.5. The van der Waals surface area contributed by atoms with Crippen LogP contribution in [0.3, 0.4) is 0 Å². The number of aliphatic hydroxyl groups excluding tert-OH is 2. The van der Waals surface area contributed by atoms with Gasteiger partial charge in [-0.3, -0.25) is 14.4 Å². The minimum atomic E-state index is -1.11. The predicted octanol–water partition coefficient (Wildman–Crippen LogP) is 2.51. The molecule has 1 amide bonds. The molecule has 9 nitrogen and oxygen atoms in total. The molecule has 1 saturated carbocycles. The monoisotopic (exact) mass is 497 g/mol. The molecule has 6 N–H and O–H groups in total. The Hall–Kier alpha value is -3.33. The lowest BCUT2D eigenvalue weighted by atomic mass is 9.61. The number of allylic oxidation sites excluding steroid dienone is 2. The number of anilines is 1. The molecule has 0 aliphatic heterocycles. The lowest BCUT2D eigenvalue weighted by Gasteiger charge is -2.41. The van der Waals surface area contributed by atoms with Gasteiger partial charge in [-0.1, -0.05) is 13.8 Å². The Morgan fingerprint density at radius 1 is 1.19 bits per heavy atom. The van der Waals surface area contributed by atoms with Crippen molar-refractivity contribution in [3.63, 3.8) is 0 Å². The summed E-state index contributed by atoms with van der Waals surface area (Å²) >= 11 is 0. The fourth-order valence-electron chi connectivity index (χ4n) is 5.89. The fraction of sp³-hybridized carbons (Fsp3) is 0.519. The number of hydrogen-bond donors (Lipinski definition) is 5. The highest BCUT2D eigenvalue weighted by molar-refractivity contribution is 6.21. The number of nitrogens with two attached hydrogens (primary N) is 1. The number of Topliss-reactive ketones (excluding diaryl/α,β-unsaturated/α-hetero) is 2. The van der Waals surface area contributed by atoms with Gasteiger partial charge in [0.1, 0.15) is 22.8 Å². The molecule has 0 aromatic heterocycles. The molecular weight excluding hydrogens is 462 g/mol. The van der Waals surface area contributed by atoms with Crippen LogP contribution in [-0.4, -0.2) is 53.4 Å². The number of aromatic hydroxyl groups is 1. The Balaban J connectivity index is 1.79. The van der Waals surface area contributed by atoms with Crippen molar-refractivity contribution in [2.45, 2.75) is 46.1 Å². The second-order valence-electron chi connectivity index (χ2n) is 10.8. The van der Waals surface area contributed by atoms with Crippen LogP contribution in [0, 0.1) is 23.7 Å². The van der Waals surface area contributed by atoms with E-state index in [0.29, 0.717) is 30.9 Å². The molecule has 0 bridgehead atoms. The number of hydrogen-bond acceptors (Lipinski definition) is 8. The zero-order valence-corrected chi connectivity index (χ0v) is 21.2. The molecule has 0 radical (unpaired) electrons. The molecule has 0 saturated heterocycles. The third kappa shape index (κ3) is 4.25. The number of amides is 1. The van der Waals surface area contributed by atoms with E-state index in [4.69, 9.17) is 5.73 Å². The maximum Gasteiger partial charge on any atom is 0.255 e.